The minimum Gasteiger partial charge on any atom is -0.344 e. The summed E-state index contributed by atoms with van der Waals surface area (Å²) in [5, 5.41) is 3.61. The molecule has 0 radical (unpaired) electrons. The van der Waals surface area contributed by atoms with Gasteiger partial charge < -0.3 is 10.3 Å². The quantitative estimate of drug-likeness (QED) is 0.888. The van der Waals surface area contributed by atoms with Gasteiger partial charge in [-0.25, -0.2) is 4.98 Å². The molecule has 1 aromatic heterocycles. The summed E-state index contributed by atoms with van der Waals surface area (Å²) in [6.45, 7) is 5.41. The maximum Gasteiger partial charge on any atom is 0.124 e. The first-order valence-corrected chi connectivity index (χ1v) is 8.17. The third-order valence-corrected chi connectivity index (χ3v) is 4.43. The zero-order valence-corrected chi connectivity index (χ0v) is 13.1. The van der Waals surface area contributed by atoms with Crippen LogP contribution >= 0.6 is 0 Å². The number of nitrogens with zero attached hydrogens (tertiary/aromatic N) is 1. The van der Waals surface area contributed by atoms with Crippen LogP contribution in [0, 0.1) is 6.92 Å². The predicted octanol–water partition coefficient (Wildman–Crippen LogP) is 4.15. The standard InChI is InChI=1S/C18H25N3/c1-3-14-8-10-15(11-9-14)17-13(2)20-18(21-17)16-7-5-4-6-12-19-16/h8-11,16,19H,3-7,12H2,1-2H3,(H,20,21). The molecule has 2 aromatic rings. The van der Waals surface area contributed by atoms with Crippen LogP contribution in [0.3, 0.4) is 0 Å². The summed E-state index contributed by atoms with van der Waals surface area (Å²) in [4.78, 5) is 8.38. The molecule has 0 saturated carbocycles. The first kappa shape index (κ1) is 14.3. The molecule has 0 spiro atoms. The second-order valence-corrected chi connectivity index (χ2v) is 6.00. The van der Waals surface area contributed by atoms with E-state index < -0.39 is 0 Å². The molecule has 1 aliphatic heterocycles. The molecule has 3 nitrogen and oxygen atoms in total. The number of aromatic nitrogens is 2. The second-order valence-electron chi connectivity index (χ2n) is 6.00. The summed E-state index contributed by atoms with van der Waals surface area (Å²) in [7, 11) is 0. The summed E-state index contributed by atoms with van der Waals surface area (Å²) >= 11 is 0. The monoisotopic (exact) mass is 283 g/mol. The number of aryl methyl sites for hydroxylation is 2. The van der Waals surface area contributed by atoms with E-state index >= 15 is 0 Å². The summed E-state index contributed by atoms with van der Waals surface area (Å²) in [5.41, 5.74) is 4.84. The van der Waals surface area contributed by atoms with Crippen LogP contribution in [0.25, 0.3) is 11.3 Å². The Labute approximate surface area is 127 Å². The molecule has 2 heterocycles. The highest BCUT2D eigenvalue weighted by atomic mass is 15.0. The molecule has 1 aliphatic rings. The lowest BCUT2D eigenvalue weighted by Gasteiger charge is -2.12. The zero-order valence-electron chi connectivity index (χ0n) is 13.1. The van der Waals surface area contributed by atoms with Gasteiger partial charge in [-0.15, -0.1) is 0 Å². The number of imidazole rings is 1. The number of hydrogen-bond donors (Lipinski definition) is 2. The SMILES string of the molecule is CCc1ccc(-c2nc(C3CCCCCN3)[nH]c2C)cc1. The topological polar surface area (TPSA) is 40.7 Å². The lowest BCUT2D eigenvalue weighted by molar-refractivity contribution is 0.511. The van der Waals surface area contributed by atoms with E-state index in [9.17, 15) is 0 Å². The molecule has 1 aromatic carbocycles. The van der Waals surface area contributed by atoms with Crippen LogP contribution in [-0.4, -0.2) is 16.5 Å². The van der Waals surface area contributed by atoms with Crippen molar-refractivity contribution < 1.29 is 0 Å². The average Bonchev–Trinajstić information content (AvgIpc) is 2.74. The average molecular weight is 283 g/mol. The number of benzene rings is 1. The van der Waals surface area contributed by atoms with Gasteiger partial charge in [-0.1, -0.05) is 44.0 Å². The Morgan fingerprint density at radius 2 is 1.95 bits per heavy atom. The van der Waals surface area contributed by atoms with Crippen molar-refractivity contribution >= 4 is 0 Å². The van der Waals surface area contributed by atoms with E-state index in [0.29, 0.717) is 6.04 Å². The molecule has 1 saturated heterocycles. The van der Waals surface area contributed by atoms with Gasteiger partial charge in [-0.05, 0) is 38.3 Å². The van der Waals surface area contributed by atoms with Crippen LogP contribution in [0.4, 0.5) is 0 Å². The molecule has 2 N–H and O–H groups in total. The molecule has 1 fully saturated rings. The molecule has 0 bridgehead atoms. The van der Waals surface area contributed by atoms with Crippen LogP contribution in [0.5, 0.6) is 0 Å². The van der Waals surface area contributed by atoms with Crippen molar-refractivity contribution in [3.8, 4) is 11.3 Å². The Balaban J connectivity index is 1.85. The molecule has 0 aliphatic carbocycles. The number of hydrogen-bond acceptors (Lipinski definition) is 2. The van der Waals surface area contributed by atoms with Crippen molar-refractivity contribution in [3.05, 3.63) is 41.3 Å². The van der Waals surface area contributed by atoms with E-state index in [1.165, 1.54) is 42.5 Å². The molecule has 3 heteroatoms. The van der Waals surface area contributed by atoms with Gasteiger partial charge in [0.2, 0.25) is 0 Å². The van der Waals surface area contributed by atoms with Crippen LogP contribution in [0.15, 0.2) is 24.3 Å². The van der Waals surface area contributed by atoms with Crippen molar-refractivity contribution in [2.24, 2.45) is 0 Å². The summed E-state index contributed by atoms with van der Waals surface area (Å²) in [5.74, 6) is 1.10. The zero-order chi connectivity index (χ0) is 14.7. The van der Waals surface area contributed by atoms with Crippen molar-refractivity contribution in [3.63, 3.8) is 0 Å². The van der Waals surface area contributed by atoms with Crippen LogP contribution in [0.1, 0.15) is 55.7 Å². The first-order chi connectivity index (χ1) is 10.3. The maximum absolute atomic E-state index is 4.88. The van der Waals surface area contributed by atoms with E-state index in [2.05, 4.69) is 48.4 Å². The van der Waals surface area contributed by atoms with E-state index in [4.69, 9.17) is 4.98 Å². The van der Waals surface area contributed by atoms with Crippen LogP contribution in [0.2, 0.25) is 0 Å². The van der Waals surface area contributed by atoms with Crippen molar-refractivity contribution in [1.82, 2.24) is 15.3 Å². The van der Waals surface area contributed by atoms with Gasteiger partial charge in [0.15, 0.2) is 0 Å². The fourth-order valence-corrected chi connectivity index (χ4v) is 3.09. The van der Waals surface area contributed by atoms with Crippen molar-refractivity contribution in [2.45, 2.75) is 52.0 Å². The largest absolute Gasteiger partial charge is 0.344 e. The Bertz CT molecular complexity index is 575. The van der Waals surface area contributed by atoms with Crippen molar-refractivity contribution in [2.75, 3.05) is 6.54 Å². The number of nitrogens with one attached hydrogen (secondary N) is 2. The molecular formula is C18H25N3. The third-order valence-electron chi connectivity index (χ3n) is 4.43. The Morgan fingerprint density at radius 3 is 2.71 bits per heavy atom. The number of H-pyrrole nitrogens is 1. The van der Waals surface area contributed by atoms with Gasteiger partial charge in [-0.2, -0.15) is 0 Å². The Kier molecular flexibility index (Phi) is 4.39. The summed E-state index contributed by atoms with van der Waals surface area (Å²) in [6, 6.07) is 9.16. The Morgan fingerprint density at radius 1 is 1.14 bits per heavy atom. The highest BCUT2D eigenvalue weighted by Gasteiger charge is 2.18. The van der Waals surface area contributed by atoms with Crippen LogP contribution < -0.4 is 5.32 Å². The highest BCUT2D eigenvalue weighted by molar-refractivity contribution is 5.62. The molecule has 112 valence electrons. The molecule has 3 rings (SSSR count). The maximum atomic E-state index is 4.88. The summed E-state index contributed by atoms with van der Waals surface area (Å²) in [6.07, 6.45) is 6.16. The van der Waals surface area contributed by atoms with E-state index in [-0.39, 0.29) is 0 Å². The van der Waals surface area contributed by atoms with E-state index in [0.717, 1.165) is 24.5 Å². The molecular weight excluding hydrogens is 258 g/mol. The first-order valence-electron chi connectivity index (χ1n) is 8.17. The lowest BCUT2D eigenvalue weighted by atomic mass is 10.1. The highest BCUT2D eigenvalue weighted by Crippen LogP contribution is 2.26. The molecule has 1 atom stereocenters. The van der Waals surface area contributed by atoms with Crippen molar-refractivity contribution in [1.29, 1.82) is 0 Å². The molecule has 0 amide bonds. The third kappa shape index (κ3) is 3.18. The van der Waals surface area contributed by atoms with Gasteiger partial charge in [0.1, 0.15) is 5.82 Å². The van der Waals surface area contributed by atoms with Gasteiger partial charge >= 0.3 is 0 Å². The van der Waals surface area contributed by atoms with Gasteiger partial charge in [-0.3, -0.25) is 0 Å². The second kappa shape index (κ2) is 6.44. The fraction of sp³-hybridized carbons (Fsp3) is 0.500. The van der Waals surface area contributed by atoms with Crippen LogP contribution in [-0.2, 0) is 6.42 Å². The van der Waals surface area contributed by atoms with Gasteiger partial charge in [0.05, 0.1) is 11.7 Å². The smallest absolute Gasteiger partial charge is 0.124 e. The van der Waals surface area contributed by atoms with E-state index in [1.807, 2.05) is 0 Å². The van der Waals surface area contributed by atoms with E-state index in [1.54, 1.807) is 0 Å². The van der Waals surface area contributed by atoms with Gasteiger partial charge in [0, 0.05) is 11.3 Å². The Hall–Kier alpha value is -1.61. The van der Waals surface area contributed by atoms with Gasteiger partial charge in [0.25, 0.3) is 0 Å². The minimum atomic E-state index is 0.384. The molecule has 1 unspecified atom stereocenters. The number of aromatic amines is 1. The fourth-order valence-electron chi connectivity index (χ4n) is 3.09. The lowest BCUT2D eigenvalue weighted by Crippen LogP contribution is -2.21. The number of rotatable bonds is 3. The molecule has 21 heavy (non-hydrogen) atoms. The summed E-state index contributed by atoms with van der Waals surface area (Å²) < 4.78 is 0. The minimum absolute atomic E-state index is 0.384. The predicted molar refractivity (Wildman–Crippen MR) is 87.4 cm³/mol. The normalized spacial score (nSPS) is 19.4.